The number of carboxylic acid groups (broad SMARTS) is 1. The van der Waals surface area contributed by atoms with Gasteiger partial charge in [-0.2, -0.15) is 0 Å². The van der Waals surface area contributed by atoms with Gasteiger partial charge in [0, 0.05) is 6.61 Å². The van der Waals surface area contributed by atoms with Gasteiger partial charge in [0.25, 0.3) is 0 Å². The van der Waals surface area contributed by atoms with E-state index in [9.17, 15) is 4.79 Å². The van der Waals surface area contributed by atoms with Crippen LogP contribution < -0.4 is 0 Å². The van der Waals surface area contributed by atoms with Crippen molar-refractivity contribution in [2.75, 3.05) is 6.61 Å². The maximum Gasteiger partial charge on any atom is 0.373 e. The van der Waals surface area contributed by atoms with Crippen molar-refractivity contribution in [3.05, 3.63) is 17.3 Å². The summed E-state index contributed by atoms with van der Waals surface area (Å²) in [5.41, 5.74) is -0.0522. The number of nitrogens with zero attached hydrogens (tertiary/aromatic N) is 1. The second-order valence-corrected chi connectivity index (χ2v) is 5.38. The van der Waals surface area contributed by atoms with E-state index in [-0.39, 0.29) is 5.76 Å². The van der Waals surface area contributed by atoms with Gasteiger partial charge in [0.15, 0.2) is 0 Å². The second-order valence-electron chi connectivity index (χ2n) is 5.38. The lowest BCUT2D eigenvalue weighted by Gasteiger charge is -2.18. The van der Waals surface area contributed by atoms with Crippen LogP contribution in [0.1, 0.15) is 55.8 Å². The minimum atomic E-state index is -1.06. The highest BCUT2D eigenvalue weighted by Crippen LogP contribution is 2.36. The molecule has 2 heterocycles. The number of hydrogen-bond acceptors (Lipinski definition) is 4. The highest BCUT2D eigenvalue weighted by molar-refractivity contribution is 5.85. The zero-order valence-corrected chi connectivity index (χ0v) is 11.0. The van der Waals surface area contributed by atoms with Crippen LogP contribution in [-0.2, 0) is 16.8 Å². The van der Waals surface area contributed by atoms with Crippen LogP contribution >= 0.6 is 0 Å². The van der Waals surface area contributed by atoms with Gasteiger partial charge in [-0.05, 0) is 32.1 Å². The Kier molecular flexibility index (Phi) is 3.43. The van der Waals surface area contributed by atoms with E-state index in [1.54, 1.807) is 0 Å². The number of aromatic nitrogens is 1. The molecule has 2 rings (SSSR count). The number of oxazole rings is 1. The van der Waals surface area contributed by atoms with Crippen molar-refractivity contribution in [3.8, 4) is 0 Å². The molecule has 1 aromatic heterocycles. The quantitative estimate of drug-likeness (QED) is 0.892. The Morgan fingerprint density at radius 2 is 2.28 bits per heavy atom. The third-order valence-corrected chi connectivity index (χ3v) is 3.16. The van der Waals surface area contributed by atoms with E-state index in [0.717, 1.165) is 12.8 Å². The van der Waals surface area contributed by atoms with Crippen LogP contribution in [0.25, 0.3) is 0 Å². The lowest BCUT2D eigenvalue weighted by molar-refractivity contribution is -0.00630. The molecule has 5 heteroatoms. The average molecular weight is 253 g/mol. The molecule has 18 heavy (non-hydrogen) atoms. The van der Waals surface area contributed by atoms with Crippen LogP contribution in [0.15, 0.2) is 4.42 Å². The molecule has 1 aliphatic rings. The van der Waals surface area contributed by atoms with E-state index in [1.165, 1.54) is 0 Å². The lowest BCUT2D eigenvalue weighted by atomic mass is 10.0. The van der Waals surface area contributed by atoms with Crippen molar-refractivity contribution >= 4 is 5.97 Å². The number of hydrogen-bond donors (Lipinski definition) is 1. The largest absolute Gasteiger partial charge is 0.475 e. The second kappa shape index (κ2) is 4.72. The van der Waals surface area contributed by atoms with Crippen LogP contribution in [0.4, 0.5) is 0 Å². The number of aromatic carboxylic acids is 1. The van der Waals surface area contributed by atoms with Crippen LogP contribution in [0.5, 0.6) is 0 Å². The van der Waals surface area contributed by atoms with E-state index >= 15 is 0 Å². The molecule has 1 saturated heterocycles. The van der Waals surface area contributed by atoms with E-state index in [2.05, 4.69) is 4.98 Å². The Bertz CT molecular complexity index is 444. The van der Waals surface area contributed by atoms with Crippen LogP contribution in [0.2, 0.25) is 0 Å². The fourth-order valence-electron chi connectivity index (χ4n) is 2.22. The molecule has 0 bridgehead atoms. The van der Waals surface area contributed by atoms with Crippen molar-refractivity contribution in [2.45, 2.75) is 45.6 Å². The summed E-state index contributed by atoms with van der Waals surface area (Å²) in [5, 5.41) is 9.14. The predicted molar refractivity (Wildman–Crippen MR) is 64.5 cm³/mol. The van der Waals surface area contributed by atoms with Crippen molar-refractivity contribution < 1.29 is 19.1 Å². The molecular formula is C13H19NO4. The smallest absolute Gasteiger partial charge is 0.373 e. The van der Waals surface area contributed by atoms with Gasteiger partial charge in [-0.3, -0.25) is 0 Å². The Morgan fingerprint density at radius 3 is 2.78 bits per heavy atom. The van der Waals surface area contributed by atoms with Crippen molar-refractivity contribution in [1.29, 1.82) is 0 Å². The number of carbonyl (C=O) groups is 1. The third-order valence-electron chi connectivity index (χ3n) is 3.16. The summed E-state index contributed by atoms with van der Waals surface area (Å²) in [6, 6.07) is 0. The maximum absolute atomic E-state index is 11.2. The van der Waals surface area contributed by atoms with Gasteiger partial charge in [-0.25, -0.2) is 9.78 Å². The molecule has 1 aliphatic heterocycles. The molecule has 0 aliphatic carbocycles. The molecule has 0 radical (unpaired) electrons. The molecule has 1 atom stereocenters. The minimum absolute atomic E-state index is 0.0459. The molecule has 0 aromatic carbocycles. The molecule has 0 spiro atoms. The molecule has 0 saturated carbocycles. The third kappa shape index (κ3) is 2.41. The molecule has 0 amide bonds. The van der Waals surface area contributed by atoms with E-state index in [4.69, 9.17) is 14.3 Å². The minimum Gasteiger partial charge on any atom is -0.475 e. The summed E-state index contributed by atoms with van der Waals surface area (Å²) >= 11 is 0. The maximum atomic E-state index is 11.2. The molecule has 5 nitrogen and oxygen atoms in total. The summed E-state index contributed by atoms with van der Waals surface area (Å²) in [7, 11) is 0. The first-order valence-corrected chi connectivity index (χ1v) is 6.30. The van der Waals surface area contributed by atoms with Gasteiger partial charge in [0.05, 0.1) is 5.69 Å². The first kappa shape index (κ1) is 13.1. The molecule has 1 aromatic rings. The van der Waals surface area contributed by atoms with Crippen molar-refractivity contribution in [2.24, 2.45) is 5.92 Å². The summed E-state index contributed by atoms with van der Waals surface area (Å²) < 4.78 is 11.1. The predicted octanol–water partition coefficient (Wildman–Crippen LogP) is 2.60. The molecule has 1 fully saturated rings. The molecular weight excluding hydrogens is 234 g/mol. The van der Waals surface area contributed by atoms with E-state index in [0.29, 0.717) is 30.5 Å². The Morgan fingerprint density at radius 1 is 1.56 bits per heavy atom. The SMILES string of the molecule is CC(C)Cc1nc(C2(C)CCCO2)oc1C(=O)O. The zero-order valence-electron chi connectivity index (χ0n) is 11.0. The monoisotopic (exact) mass is 253 g/mol. The Hall–Kier alpha value is -1.36. The van der Waals surface area contributed by atoms with Crippen LogP contribution in [-0.4, -0.2) is 22.7 Å². The van der Waals surface area contributed by atoms with E-state index in [1.807, 2.05) is 20.8 Å². The summed E-state index contributed by atoms with van der Waals surface area (Å²) in [6.07, 6.45) is 2.36. The number of carboxylic acids is 1. The molecule has 1 N–H and O–H groups in total. The summed E-state index contributed by atoms with van der Waals surface area (Å²) in [6.45, 7) is 6.61. The van der Waals surface area contributed by atoms with Crippen LogP contribution in [0, 0.1) is 5.92 Å². The fraction of sp³-hybridized carbons (Fsp3) is 0.692. The van der Waals surface area contributed by atoms with Gasteiger partial charge >= 0.3 is 5.97 Å². The van der Waals surface area contributed by atoms with Gasteiger partial charge in [-0.15, -0.1) is 0 Å². The highest BCUT2D eigenvalue weighted by Gasteiger charge is 2.38. The van der Waals surface area contributed by atoms with Crippen molar-refractivity contribution in [3.63, 3.8) is 0 Å². The summed E-state index contributed by atoms with van der Waals surface area (Å²) in [4.78, 5) is 15.5. The van der Waals surface area contributed by atoms with Gasteiger partial charge in [0.1, 0.15) is 5.60 Å². The first-order chi connectivity index (χ1) is 8.42. The van der Waals surface area contributed by atoms with Crippen molar-refractivity contribution in [1.82, 2.24) is 4.98 Å². The topological polar surface area (TPSA) is 72.6 Å². The van der Waals surface area contributed by atoms with Gasteiger partial charge in [0.2, 0.25) is 11.7 Å². The lowest BCUT2D eigenvalue weighted by Crippen LogP contribution is -2.20. The standard InChI is InChI=1S/C13H19NO4/c1-8(2)7-9-10(11(15)16)18-12(14-9)13(3)5-4-6-17-13/h8H,4-7H2,1-3H3,(H,15,16). The van der Waals surface area contributed by atoms with E-state index < -0.39 is 11.6 Å². The van der Waals surface area contributed by atoms with Gasteiger partial charge in [-0.1, -0.05) is 13.8 Å². The number of rotatable bonds is 4. The average Bonchev–Trinajstić information content (AvgIpc) is 2.84. The number of ether oxygens (including phenoxy) is 1. The van der Waals surface area contributed by atoms with Crippen LogP contribution in [0.3, 0.4) is 0 Å². The highest BCUT2D eigenvalue weighted by atomic mass is 16.5. The van der Waals surface area contributed by atoms with Gasteiger partial charge < -0.3 is 14.3 Å². The first-order valence-electron chi connectivity index (χ1n) is 6.30. The Labute approximate surface area is 106 Å². The molecule has 100 valence electrons. The summed E-state index contributed by atoms with van der Waals surface area (Å²) in [5.74, 6) is -0.382. The Balaban J connectivity index is 2.35. The molecule has 1 unspecified atom stereocenters. The zero-order chi connectivity index (χ0) is 13.3. The normalized spacial score (nSPS) is 23.8. The fourth-order valence-corrected chi connectivity index (χ4v) is 2.22.